The molecule has 0 unspecified atom stereocenters. The van der Waals surface area contributed by atoms with Crippen LogP contribution in [0.3, 0.4) is 0 Å². The lowest BCUT2D eigenvalue weighted by Crippen LogP contribution is -2.37. The van der Waals surface area contributed by atoms with Crippen LogP contribution in [0.1, 0.15) is 0 Å². The van der Waals surface area contributed by atoms with Crippen LogP contribution >= 0.6 is 0 Å². The van der Waals surface area contributed by atoms with Gasteiger partial charge in [0, 0.05) is 0 Å². The first-order chi connectivity index (χ1) is 5.30. The molecule has 0 amide bonds. The number of rotatable bonds is 3. The number of carbonyl (C=O) groups is 1. The zero-order valence-electron chi connectivity index (χ0n) is 5.83. The lowest BCUT2D eigenvalue weighted by molar-refractivity contribution is -0.487. The van der Waals surface area contributed by atoms with E-state index in [1.807, 2.05) is 0 Å². The van der Waals surface area contributed by atoms with E-state index >= 15 is 0 Å². The highest BCUT2D eigenvalue weighted by molar-refractivity contribution is 7.87. The van der Waals surface area contributed by atoms with Gasteiger partial charge in [0.2, 0.25) is 0 Å². The molecular formula is C3H5NO7S. The normalized spacial score (nSPS) is 13.5. The van der Waals surface area contributed by atoms with E-state index in [0.717, 1.165) is 7.11 Å². The van der Waals surface area contributed by atoms with Crippen LogP contribution in [-0.2, 0) is 19.6 Å². The quantitative estimate of drug-likeness (QED) is 0.258. The van der Waals surface area contributed by atoms with Crippen LogP contribution < -0.4 is 0 Å². The zero-order valence-corrected chi connectivity index (χ0v) is 6.65. The van der Waals surface area contributed by atoms with Crippen molar-refractivity contribution in [2.24, 2.45) is 0 Å². The molecule has 0 rings (SSSR count). The molecule has 0 aliphatic rings. The minimum Gasteiger partial charge on any atom is -0.463 e. The monoisotopic (exact) mass is 199 g/mol. The second-order valence-corrected chi connectivity index (χ2v) is 3.15. The lowest BCUT2D eigenvalue weighted by atomic mass is 10.7. The van der Waals surface area contributed by atoms with Gasteiger partial charge in [0.05, 0.1) is 12.0 Å². The first-order valence-electron chi connectivity index (χ1n) is 2.48. The Kier molecular flexibility index (Phi) is 3.10. The Labute approximate surface area is 67.0 Å². The Balaban J connectivity index is 4.95. The Hall–Kier alpha value is -1.22. The molecule has 0 saturated carbocycles. The van der Waals surface area contributed by atoms with Crippen molar-refractivity contribution in [2.45, 2.75) is 5.37 Å². The molecule has 8 nitrogen and oxygen atoms in total. The average Bonchev–Trinajstić information content (AvgIpc) is 1.83. The zero-order chi connectivity index (χ0) is 9.94. The molecule has 0 fully saturated rings. The van der Waals surface area contributed by atoms with Gasteiger partial charge in [0.25, 0.3) is 0 Å². The minimum atomic E-state index is -5.05. The van der Waals surface area contributed by atoms with E-state index in [0.29, 0.717) is 0 Å². The fourth-order valence-electron chi connectivity index (χ4n) is 0.417. The van der Waals surface area contributed by atoms with Gasteiger partial charge in [-0.2, -0.15) is 8.42 Å². The van der Waals surface area contributed by atoms with Crippen molar-refractivity contribution in [3.8, 4) is 0 Å². The van der Waals surface area contributed by atoms with E-state index in [2.05, 4.69) is 4.74 Å². The van der Waals surface area contributed by atoms with Gasteiger partial charge < -0.3 is 4.74 Å². The summed E-state index contributed by atoms with van der Waals surface area (Å²) in [5.41, 5.74) is 0. The fourth-order valence-corrected chi connectivity index (χ4v) is 0.974. The fraction of sp³-hybridized carbons (Fsp3) is 0.667. The molecule has 0 radical (unpaired) electrons. The molecule has 0 aliphatic heterocycles. The van der Waals surface area contributed by atoms with Crippen LogP contribution in [0.5, 0.6) is 0 Å². The summed E-state index contributed by atoms with van der Waals surface area (Å²) in [4.78, 5) is 18.9. The molecule has 1 N–H and O–H groups in total. The van der Waals surface area contributed by atoms with Gasteiger partial charge in [-0.3, -0.25) is 14.7 Å². The van der Waals surface area contributed by atoms with E-state index in [1.165, 1.54) is 0 Å². The van der Waals surface area contributed by atoms with Gasteiger partial charge in [-0.1, -0.05) is 0 Å². The standard InChI is InChI=1S/C3H5NO7S/c1-11-3(5)2(4(6)7)12(8,9)10/h2H,1H3,(H,8,9,10)/t2-/m0/s1. The summed E-state index contributed by atoms with van der Waals surface area (Å²) in [7, 11) is -4.28. The minimum absolute atomic E-state index is 0.768. The molecule has 0 heterocycles. The SMILES string of the molecule is COC(=O)[C@@H]([N+](=O)[O-])S(=O)(=O)O. The summed E-state index contributed by atoms with van der Waals surface area (Å²) in [5.74, 6) is -1.64. The van der Waals surface area contributed by atoms with Crippen LogP contribution in [0.25, 0.3) is 0 Å². The molecule has 0 aromatic rings. The molecular weight excluding hydrogens is 194 g/mol. The van der Waals surface area contributed by atoms with Crippen LogP contribution in [-0.4, -0.2) is 36.3 Å². The summed E-state index contributed by atoms with van der Waals surface area (Å²) in [6, 6.07) is 0. The number of carbonyl (C=O) groups excluding carboxylic acids is 1. The van der Waals surface area contributed by atoms with Crippen LogP contribution in [0, 0.1) is 10.1 Å². The van der Waals surface area contributed by atoms with E-state index in [9.17, 15) is 23.3 Å². The maximum Gasteiger partial charge on any atom is 0.428 e. The molecule has 0 saturated heterocycles. The summed E-state index contributed by atoms with van der Waals surface area (Å²) < 4.78 is 32.3. The van der Waals surface area contributed by atoms with Gasteiger partial charge in [-0.05, 0) is 0 Å². The number of ether oxygens (including phenoxy) is 1. The van der Waals surface area contributed by atoms with Crippen molar-refractivity contribution in [1.82, 2.24) is 0 Å². The summed E-state index contributed by atoms with van der Waals surface area (Å²) in [5, 5.41) is 7.15. The number of hydrogen-bond donors (Lipinski definition) is 1. The third-order valence-electron chi connectivity index (χ3n) is 0.876. The summed E-state index contributed by atoms with van der Waals surface area (Å²) >= 11 is 0. The summed E-state index contributed by atoms with van der Waals surface area (Å²) in [6.07, 6.45) is 0. The van der Waals surface area contributed by atoms with Gasteiger partial charge in [-0.25, -0.2) is 4.79 Å². The molecule has 0 bridgehead atoms. The van der Waals surface area contributed by atoms with Crippen LogP contribution in [0.15, 0.2) is 0 Å². The third-order valence-corrected chi connectivity index (χ3v) is 1.81. The highest BCUT2D eigenvalue weighted by Gasteiger charge is 2.43. The Morgan fingerprint density at radius 1 is 1.67 bits per heavy atom. The average molecular weight is 199 g/mol. The first-order valence-corrected chi connectivity index (χ1v) is 3.98. The molecule has 12 heavy (non-hydrogen) atoms. The molecule has 1 atom stereocenters. The number of nitrogens with zero attached hydrogens (tertiary/aromatic N) is 1. The third kappa shape index (κ3) is 2.43. The van der Waals surface area contributed by atoms with Crippen LogP contribution in [0.2, 0.25) is 0 Å². The van der Waals surface area contributed by atoms with Crippen molar-refractivity contribution in [2.75, 3.05) is 7.11 Å². The second kappa shape index (κ2) is 3.45. The van der Waals surface area contributed by atoms with E-state index < -0.39 is 26.4 Å². The van der Waals surface area contributed by atoms with E-state index in [4.69, 9.17) is 4.55 Å². The highest BCUT2D eigenvalue weighted by atomic mass is 32.2. The topological polar surface area (TPSA) is 124 Å². The molecule has 0 aromatic heterocycles. The van der Waals surface area contributed by atoms with Crippen LogP contribution in [0.4, 0.5) is 0 Å². The smallest absolute Gasteiger partial charge is 0.428 e. The number of nitro groups is 1. The molecule has 0 aliphatic carbocycles. The predicted molar refractivity (Wildman–Crippen MR) is 34.3 cm³/mol. The highest BCUT2D eigenvalue weighted by Crippen LogP contribution is 2.01. The van der Waals surface area contributed by atoms with Crippen molar-refractivity contribution >= 4 is 16.1 Å². The van der Waals surface area contributed by atoms with Crippen molar-refractivity contribution in [3.63, 3.8) is 0 Å². The van der Waals surface area contributed by atoms with Gasteiger partial charge in [0.1, 0.15) is 0 Å². The lowest BCUT2D eigenvalue weighted by Gasteiger charge is -2.02. The number of hydrogen-bond acceptors (Lipinski definition) is 6. The van der Waals surface area contributed by atoms with Gasteiger partial charge in [-0.15, -0.1) is 0 Å². The predicted octanol–water partition coefficient (Wildman–Crippen LogP) is -1.35. The summed E-state index contributed by atoms with van der Waals surface area (Å²) in [6.45, 7) is 0. The Morgan fingerprint density at radius 2 is 2.08 bits per heavy atom. The Bertz CT molecular complexity index is 292. The molecule has 70 valence electrons. The first kappa shape index (κ1) is 10.8. The van der Waals surface area contributed by atoms with E-state index in [-0.39, 0.29) is 0 Å². The number of methoxy groups -OCH3 is 1. The van der Waals surface area contributed by atoms with Crippen molar-refractivity contribution in [3.05, 3.63) is 10.1 Å². The Morgan fingerprint density at radius 3 is 2.17 bits per heavy atom. The van der Waals surface area contributed by atoms with Gasteiger partial charge in [0.15, 0.2) is 0 Å². The molecule has 0 spiro atoms. The van der Waals surface area contributed by atoms with Gasteiger partial charge >= 0.3 is 21.5 Å². The molecule has 9 heteroatoms. The van der Waals surface area contributed by atoms with E-state index in [1.54, 1.807) is 0 Å². The maximum atomic E-state index is 10.4. The molecule has 0 aromatic carbocycles. The number of esters is 1. The van der Waals surface area contributed by atoms with Crippen molar-refractivity contribution in [1.29, 1.82) is 0 Å². The second-order valence-electron chi connectivity index (χ2n) is 1.68. The maximum absolute atomic E-state index is 10.4. The van der Waals surface area contributed by atoms with Crippen molar-refractivity contribution < 1.29 is 27.4 Å². The largest absolute Gasteiger partial charge is 0.463 e.